The number of amides is 1. The third-order valence-corrected chi connectivity index (χ3v) is 4.82. The van der Waals surface area contributed by atoms with Gasteiger partial charge in [-0.3, -0.25) is 4.79 Å². The largest absolute Gasteiger partial charge is 0.463 e. The molecule has 0 bridgehead atoms. The van der Waals surface area contributed by atoms with Crippen molar-refractivity contribution >= 4 is 5.91 Å². The van der Waals surface area contributed by atoms with Crippen LogP contribution >= 0.6 is 0 Å². The van der Waals surface area contributed by atoms with Crippen LogP contribution in [-0.2, 0) is 4.79 Å². The minimum absolute atomic E-state index is 0.0438. The molecule has 1 aliphatic heterocycles. The summed E-state index contributed by atoms with van der Waals surface area (Å²) in [6.07, 6.45) is 1.65. The number of benzene rings is 2. The summed E-state index contributed by atoms with van der Waals surface area (Å²) < 4.78 is 16.3. The second-order valence-corrected chi connectivity index (χ2v) is 6.75. The van der Waals surface area contributed by atoms with E-state index in [1.807, 2.05) is 72.9 Å². The van der Waals surface area contributed by atoms with Crippen LogP contribution in [0.4, 0.5) is 0 Å². The molecule has 4 rings (SSSR count). The van der Waals surface area contributed by atoms with Crippen LogP contribution in [-0.4, -0.2) is 19.2 Å². The van der Waals surface area contributed by atoms with E-state index in [1.165, 1.54) is 0 Å². The van der Waals surface area contributed by atoms with Gasteiger partial charge in [-0.2, -0.15) is 0 Å². The third kappa shape index (κ3) is 4.02. The fraction of sp³-hybridized carbons (Fsp3) is 0.227. The van der Waals surface area contributed by atoms with E-state index in [0.717, 1.165) is 22.6 Å². The van der Waals surface area contributed by atoms with E-state index in [0.29, 0.717) is 5.75 Å². The summed E-state index contributed by atoms with van der Waals surface area (Å²) in [5, 5.41) is 5.02. The van der Waals surface area contributed by atoms with Crippen LogP contribution in [0.5, 0.6) is 11.5 Å². The van der Waals surface area contributed by atoms with Crippen molar-refractivity contribution in [2.24, 2.45) is 0 Å². The highest BCUT2D eigenvalue weighted by Crippen LogP contribution is 2.34. The van der Waals surface area contributed by atoms with Crippen LogP contribution in [0.15, 0.2) is 71.3 Å². The lowest BCUT2D eigenvalue weighted by Gasteiger charge is -2.17. The molecule has 2 aromatic carbocycles. The first kappa shape index (κ1) is 18.1. The number of fused-ring (bicyclic) bond motifs is 1. The summed E-state index contributed by atoms with van der Waals surface area (Å²) in [7, 11) is 0. The van der Waals surface area contributed by atoms with Crippen LogP contribution < -0.4 is 20.1 Å². The number of nitrogens with one attached hydrogen (secondary N) is 1. The zero-order chi connectivity index (χ0) is 19.3. The van der Waals surface area contributed by atoms with Crippen molar-refractivity contribution in [2.75, 3.05) is 13.3 Å². The Hall–Kier alpha value is -3.25. The summed E-state index contributed by atoms with van der Waals surface area (Å²) in [5.74, 6) is 2.23. The normalized spacial score (nSPS) is 14.5. The van der Waals surface area contributed by atoms with Gasteiger partial charge < -0.3 is 24.5 Å². The molecule has 6 heteroatoms. The fourth-order valence-corrected chi connectivity index (χ4v) is 3.34. The van der Waals surface area contributed by atoms with Crippen molar-refractivity contribution in [3.63, 3.8) is 0 Å². The summed E-state index contributed by atoms with van der Waals surface area (Å²) in [4.78, 5) is 12.5. The highest BCUT2D eigenvalue weighted by atomic mass is 16.7. The Labute approximate surface area is 163 Å². The number of carbonyl (C=O) groups excluding carboxylic acids is 1. The van der Waals surface area contributed by atoms with Crippen LogP contribution in [0.3, 0.4) is 0 Å². The zero-order valence-corrected chi connectivity index (χ0v) is 15.6. The van der Waals surface area contributed by atoms with Crippen LogP contribution in [0.1, 0.15) is 35.9 Å². The number of quaternary nitrogens is 1. The third-order valence-electron chi connectivity index (χ3n) is 4.82. The fourth-order valence-electron chi connectivity index (χ4n) is 3.34. The van der Waals surface area contributed by atoms with E-state index in [2.05, 4.69) is 5.32 Å². The molecule has 2 heterocycles. The molecule has 0 radical (unpaired) electrons. The molecule has 0 fully saturated rings. The van der Waals surface area contributed by atoms with E-state index in [-0.39, 0.29) is 31.3 Å². The molecule has 144 valence electrons. The predicted molar refractivity (Wildman–Crippen MR) is 103 cm³/mol. The summed E-state index contributed by atoms with van der Waals surface area (Å²) in [6.45, 7) is 2.48. The van der Waals surface area contributed by atoms with Crippen molar-refractivity contribution in [1.29, 1.82) is 0 Å². The summed E-state index contributed by atoms with van der Waals surface area (Å²) >= 11 is 0. The van der Waals surface area contributed by atoms with E-state index in [9.17, 15) is 4.79 Å². The maximum absolute atomic E-state index is 12.5. The molecule has 0 unspecified atom stereocenters. The van der Waals surface area contributed by atoms with Gasteiger partial charge >= 0.3 is 0 Å². The lowest BCUT2D eigenvalue weighted by molar-refractivity contribution is -0.678. The highest BCUT2D eigenvalue weighted by Gasteiger charge is 2.22. The number of rotatable bonds is 7. The van der Waals surface area contributed by atoms with Crippen molar-refractivity contribution in [3.8, 4) is 11.5 Å². The zero-order valence-electron chi connectivity index (χ0n) is 15.6. The Balaban J connectivity index is 1.38. The second-order valence-electron chi connectivity index (χ2n) is 6.75. The van der Waals surface area contributed by atoms with E-state index < -0.39 is 0 Å². The second kappa shape index (κ2) is 8.19. The molecule has 1 aliphatic rings. The number of ether oxygens (including phenoxy) is 2. The molecule has 0 aliphatic carbocycles. The average molecular weight is 379 g/mol. The van der Waals surface area contributed by atoms with Crippen molar-refractivity contribution in [2.45, 2.75) is 19.0 Å². The quantitative estimate of drug-likeness (QED) is 0.661. The van der Waals surface area contributed by atoms with Gasteiger partial charge in [0.2, 0.25) is 6.79 Å². The topological polar surface area (TPSA) is 77.3 Å². The van der Waals surface area contributed by atoms with Gasteiger partial charge in [0.25, 0.3) is 5.91 Å². The molecule has 0 saturated carbocycles. The number of hydrogen-bond acceptors (Lipinski definition) is 4. The lowest BCUT2D eigenvalue weighted by Crippen LogP contribution is -2.87. The number of furan rings is 1. The predicted octanol–water partition coefficient (Wildman–Crippen LogP) is 2.54. The summed E-state index contributed by atoms with van der Waals surface area (Å²) in [6, 6.07) is 19.3. The van der Waals surface area contributed by atoms with Crippen molar-refractivity contribution < 1.29 is 24.0 Å². The van der Waals surface area contributed by atoms with Gasteiger partial charge in [0.15, 0.2) is 29.8 Å². The van der Waals surface area contributed by atoms with Gasteiger partial charge in [-0.1, -0.05) is 36.4 Å². The highest BCUT2D eigenvalue weighted by molar-refractivity contribution is 5.77. The Kier molecular flexibility index (Phi) is 5.30. The Morgan fingerprint density at radius 2 is 1.86 bits per heavy atom. The van der Waals surface area contributed by atoms with Gasteiger partial charge in [0.1, 0.15) is 0 Å². The number of nitrogens with two attached hydrogens (primary N) is 1. The maximum Gasteiger partial charge on any atom is 0.275 e. The molecule has 3 N–H and O–H groups in total. The first-order valence-corrected chi connectivity index (χ1v) is 9.31. The van der Waals surface area contributed by atoms with Crippen molar-refractivity contribution in [3.05, 3.63) is 83.8 Å². The van der Waals surface area contributed by atoms with Gasteiger partial charge in [-0.25, -0.2) is 0 Å². The minimum atomic E-state index is -0.130. The van der Waals surface area contributed by atoms with Gasteiger partial charge in [-0.15, -0.1) is 0 Å². The monoisotopic (exact) mass is 379 g/mol. The SMILES string of the molecule is C[C@@H](NC(=O)C[NH2+][C@H](c1ccccc1)c1ccco1)c1ccc2c(c1)OCO2. The first-order chi connectivity index (χ1) is 13.7. The van der Waals surface area contributed by atoms with E-state index >= 15 is 0 Å². The van der Waals surface area contributed by atoms with Crippen molar-refractivity contribution in [1.82, 2.24) is 5.32 Å². The molecular weight excluding hydrogens is 356 g/mol. The molecule has 0 saturated heterocycles. The van der Waals surface area contributed by atoms with Crippen LogP contribution in [0.2, 0.25) is 0 Å². The Bertz CT molecular complexity index is 925. The standard InChI is InChI=1S/C22H22N2O4/c1-15(17-9-10-18-20(12-17)28-14-27-18)24-21(25)13-23-22(19-8-5-11-26-19)16-6-3-2-4-7-16/h2-12,15,22-23H,13-14H2,1H3,(H,24,25)/p+1/t15-,22-/m1/s1. The van der Waals surface area contributed by atoms with E-state index in [1.54, 1.807) is 6.26 Å². The average Bonchev–Trinajstić information content (AvgIpc) is 3.40. The molecule has 0 spiro atoms. The molecule has 6 nitrogen and oxygen atoms in total. The van der Waals surface area contributed by atoms with Gasteiger partial charge in [0.05, 0.1) is 12.3 Å². The Morgan fingerprint density at radius 3 is 2.64 bits per heavy atom. The number of carbonyl (C=O) groups is 1. The first-order valence-electron chi connectivity index (χ1n) is 9.31. The van der Waals surface area contributed by atoms with Crippen LogP contribution in [0.25, 0.3) is 0 Å². The van der Waals surface area contributed by atoms with Crippen LogP contribution in [0, 0.1) is 0 Å². The molecule has 3 aromatic rings. The molecular formula is C22H23N2O4+. The molecule has 1 aromatic heterocycles. The van der Waals surface area contributed by atoms with Gasteiger partial charge in [0, 0.05) is 5.56 Å². The smallest absolute Gasteiger partial charge is 0.275 e. The minimum Gasteiger partial charge on any atom is -0.463 e. The van der Waals surface area contributed by atoms with Gasteiger partial charge in [-0.05, 0) is 36.8 Å². The Morgan fingerprint density at radius 1 is 1.04 bits per heavy atom. The maximum atomic E-state index is 12.5. The molecule has 1 amide bonds. The number of hydrogen-bond donors (Lipinski definition) is 2. The molecule has 28 heavy (non-hydrogen) atoms. The van der Waals surface area contributed by atoms with E-state index in [4.69, 9.17) is 13.9 Å². The lowest BCUT2D eigenvalue weighted by atomic mass is 10.0. The summed E-state index contributed by atoms with van der Waals surface area (Å²) in [5.41, 5.74) is 2.07. The molecule has 2 atom stereocenters.